The first-order valence-corrected chi connectivity index (χ1v) is 25.5. The average Bonchev–Trinajstić information content (AvgIpc) is 3.30. The number of hydrogen-bond acceptors (Lipinski definition) is 6. The summed E-state index contributed by atoms with van der Waals surface area (Å²) in [7, 11) is 0. The first-order valence-electron chi connectivity index (χ1n) is 25.5. The Morgan fingerprint density at radius 2 is 0.611 bits per heavy atom. The van der Waals surface area contributed by atoms with Crippen LogP contribution in [0.1, 0.15) is 134 Å². The molecule has 4 aromatic carbocycles. The van der Waals surface area contributed by atoms with Crippen molar-refractivity contribution in [2.75, 3.05) is 0 Å². The highest BCUT2D eigenvalue weighted by molar-refractivity contribution is 6.13. The van der Waals surface area contributed by atoms with Crippen LogP contribution >= 0.6 is 0 Å². The number of carbonyl (C=O) groups excluding carboxylic acids is 2. The maximum Gasteiger partial charge on any atom is 0.186 e. The predicted octanol–water partition coefficient (Wildman–Crippen LogP) is 16.1. The van der Waals surface area contributed by atoms with Gasteiger partial charge in [0.1, 0.15) is 0 Å². The molecule has 0 aliphatic heterocycles. The molecule has 6 nitrogen and oxygen atoms in total. The quantitative estimate of drug-likeness (QED) is 0.171. The summed E-state index contributed by atoms with van der Waals surface area (Å²) < 4.78 is 0. The molecule has 0 unspecified atom stereocenters. The number of hydrogen-bond donors (Lipinski definition) is 0. The fourth-order valence-electron chi connectivity index (χ4n) is 10.2. The lowest BCUT2D eigenvalue weighted by Gasteiger charge is -2.38. The molecule has 0 N–H and O–H groups in total. The minimum absolute atomic E-state index is 0.0438. The molecule has 0 atom stereocenters. The van der Waals surface area contributed by atoms with E-state index < -0.39 is 27.6 Å². The third kappa shape index (κ3) is 9.37. The summed E-state index contributed by atoms with van der Waals surface area (Å²) in [5.41, 5.74) is 16.8. The van der Waals surface area contributed by atoms with Crippen molar-refractivity contribution >= 4 is 17.1 Å². The maximum absolute atomic E-state index is 14.8. The molecule has 0 radical (unpaired) electrons. The largest absolute Gasteiger partial charge is 0.289 e. The van der Waals surface area contributed by atoms with Crippen LogP contribution < -0.4 is 0 Å². The van der Waals surface area contributed by atoms with Gasteiger partial charge in [-0.25, -0.2) is 19.9 Å². The summed E-state index contributed by atoms with van der Waals surface area (Å²) in [5.74, 6) is -0.807. The molecule has 0 fully saturated rings. The van der Waals surface area contributed by atoms with Crippen molar-refractivity contribution in [3.8, 4) is 45.0 Å². The molecule has 3 aliphatic rings. The molecular formula is C66H70N4O2. The summed E-state index contributed by atoms with van der Waals surface area (Å²) in [4.78, 5) is 53.3. The molecule has 0 bridgehead atoms. The molecule has 72 heavy (non-hydrogen) atoms. The van der Waals surface area contributed by atoms with Crippen LogP contribution in [0.4, 0.5) is 0 Å². The first-order chi connectivity index (χ1) is 33.7. The number of Topliss-reactive ketones (excluding diaryl/α,β-unsaturated/α-hetero) is 2. The lowest BCUT2D eigenvalue weighted by atomic mass is 9.66. The standard InChI is InChI=1S/C66H70N4O2/c1-37-17-25-41(26-18-37)53-54(42-27-19-38(2)20-28-42)68-58-52(46-35-49(65(11,12)13)62(72)50(36-46)66(14,15)16)60-59(51(57(58)67-53)45-33-47(63(5,6)7)61(71)48(34-45)64(8,9)10)69-55(43-29-21-39(3)22-30-43)56(70-60)44-31-23-40(4)24-32-44/h17-36,45,51H,1-16H3. The Bertz CT molecular complexity index is 3130. The second kappa shape index (κ2) is 18.0. The van der Waals surface area contributed by atoms with Gasteiger partial charge in [-0.05, 0) is 67.1 Å². The number of nitrogens with zero attached hydrogens (tertiary/aromatic N) is 4. The van der Waals surface area contributed by atoms with Crippen molar-refractivity contribution in [1.82, 2.24) is 19.9 Å². The maximum atomic E-state index is 14.8. The number of aromatic nitrogens is 4. The fourth-order valence-corrected chi connectivity index (χ4v) is 10.2. The van der Waals surface area contributed by atoms with Gasteiger partial charge in [0.2, 0.25) is 0 Å². The van der Waals surface area contributed by atoms with Gasteiger partial charge in [0, 0.05) is 56.0 Å². The third-order valence-electron chi connectivity index (χ3n) is 14.4. The van der Waals surface area contributed by atoms with Gasteiger partial charge in [-0.15, -0.1) is 0 Å². The Morgan fingerprint density at radius 3 is 0.889 bits per heavy atom. The van der Waals surface area contributed by atoms with E-state index in [1.807, 2.05) is 0 Å². The molecule has 6 heteroatoms. The Hall–Kier alpha value is -6.92. The number of carbonyl (C=O) groups is 2. The second-order valence-electron chi connectivity index (χ2n) is 24.6. The molecule has 366 valence electrons. The van der Waals surface area contributed by atoms with Gasteiger partial charge in [0.05, 0.1) is 51.5 Å². The van der Waals surface area contributed by atoms with Crippen LogP contribution in [0.15, 0.2) is 149 Å². The highest BCUT2D eigenvalue weighted by Crippen LogP contribution is 2.53. The van der Waals surface area contributed by atoms with E-state index in [1.165, 1.54) is 0 Å². The smallest absolute Gasteiger partial charge is 0.186 e. The Labute approximate surface area is 428 Å². The number of rotatable bonds is 5. The van der Waals surface area contributed by atoms with Crippen molar-refractivity contribution in [2.45, 2.75) is 117 Å². The van der Waals surface area contributed by atoms with E-state index >= 15 is 0 Å². The van der Waals surface area contributed by atoms with E-state index in [2.05, 4.69) is 232 Å². The highest BCUT2D eigenvalue weighted by atomic mass is 16.1. The number of allylic oxidation sites excluding steroid dienone is 9. The zero-order chi connectivity index (χ0) is 52.0. The van der Waals surface area contributed by atoms with Crippen molar-refractivity contribution in [1.29, 1.82) is 0 Å². The van der Waals surface area contributed by atoms with Gasteiger partial charge in [-0.1, -0.05) is 215 Å². The van der Waals surface area contributed by atoms with Crippen LogP contribution in [0.2, 0.25) is 0 Å². The van der Waals surface area contributed by atoms with Gasteiger partial charge in [0.25, 0.3) is 0 Å². The van der Waals surface area contributed by atoms with Crippen molar-refractivity contribution < 1.29 is 9.59 Å². The monoisotopic (exact) mass is 951 g/mol. The van der Waals surface area contributed by atoms with E-state index in [0.717, 1.165) is 112 Å². The van der Waals surface area contributed by atoms with Crippen molar-refractivity contribution in [3.63, 3.8) is 0 Å². The summed E-state index contributed by atoms with van der Waals surface area (Å²) in [5, 5.41) is 0. The molecular weight excluding hydrogens is 881 g/mol. The van der Waals surface area contributed by atoms with Gasteiger partial charge in [0.15, 0.2) is 11.6 Å². The lowest BCUT2D eigenvalue weighted by Crippen LogP contribution is -2.33. The fraction of sp³-hybridized carbons (Fsp3) is 0.333. The van der Waals surface area contributed by atoms with Crippen LogP contribution in [0.3, 0.4) is 0 Å². The van der Waals surface area contributed by atoms with Crippen molar-refractivity contribution in [2.24, 2.45) is 27.6 Å². The molecule has 0 saturated heterocycles. The topological polar surface area (TPSA) is 85.7 Å². The van der Waals surface area contributed by atoms with Gasteiger partial charge >= 0.3 is 0 Å². The van der Waals surface area contributed by atoms with Crippen LogP contribution in [0.25, 0.3) is 50.6 Å². The van der Waals surface area contributed by atoms with E-state index in [-0.39, 0.29) is 17.5 Å². The molecule has 3 aliphatic carbocycles. The van der Waals surface area contributed by atoms with E-state index in [9.17, 15) is 9.59 Å². The summed E-state index contributed by atoms with van der Waals surface area (Å²) >= 11 is 0. The molecule has 0 saturated carbocycles. The van der Waals surface area contributed by atoms with Gasteiger partial charge < -0.3 is 0 Å². The number of fused-ring (bicyclic) bond motifs is 2. The molecule has 0 amide bonds. The molecule has 6 aromatic rings. The highest BCUT2D eigenvalue weighted by Gasteiger charge is 2.45. The molecule has 0 spiro atoms. The Kier molecular flexibility index (Phi) is 12.5. The normalized spacial score (nSPS) is 16.8. The van der Waals surface area contributed by atoms with Crippen molar-refractivity contribution in [3.05, 3.63) is 194 Å². The average molecular weight is 951 g/mol. The summed E-state index contributed by atoms with van der Waals surface area (Å²) in [6.45, 7) is 33.8. The number of benzene rings is 4. The van der Waals surface area contributed by atoms with Crippen LogP contribution in [-0.4, -0.2) is 31.5 Å². The van der Waals surface area contributed by atoms with Crippen LogP contribution in [0.5, 0.6) is 0 Å². The summed E-state index contributed by atoms with van der Waals surface area (Å²) in [6.07, 6.45) is 8.53. The van der Waals surface area contributed by atoms with E-state index in [0.29, 0.717) is 11.4 Å². The van der Waals surface area contributed by atoms with E-state index in [4.69, 9.17) is 19.9 Å². The summed E-state index contributed by atoms with van der Waals surface area (Å²) in [6, 6.07) is 34.1. The lowest BCUT2D eigenvalue weighted by molar-refractivity contribution is -0.115. The minimum atomic E-state index is -0.544. The second-order valence-corrected chi connectivity index (χ2v) is 24.6. The molecule has 9 rings (SSSR count). The van der Waals surface area contributed by atoms with Gasteiger partial charge in [-0.3, -0.25) is 9.59 Å². The number of ketones is 2. The van der Waals surface area contributed by atoms with Gasteiger partial charge in [-0.2, -0.15) is 0 Å². The Morgan fingerprint density at radius 1 is 0.347 bits per heavy atom. The zero-order valence-corrected chi connectivity index (χ0v) is 45.3. The Balaban J connectivity index is 1.54. The molecule has 2 heterocycles. The predicted molar refractivity (Wildman–Crippen MR) is 296 cm³/mol. The SMILES string of the molecule is Cc1ccc(-c2nc3c(nc2-c2ccc(C)cc2)C(C2C=C(C(C)(C)C)C(=O)C(C(C)(C)C)=C2)c2nc(-c4ccc(C)cc4)c(-c4ccc(C)cc4)nc2C3=C2C=C(C(C)(C)C)C(=O)C(C(C)(C)C)=C2)cc1. The van der Waals surface area contributed by atoms with Crippen LogP contribution in [-0.2, 0) is 9.59 Å². The zero-order valence-electron chi connectivity index (χ0n) is 45.3. The first kappa shape index (κ1) is 50.0. The molecule has 2 aromatic heterocycles. The number of aryl methyl sites for hydroxylation is 4. The third-order valence-corrected chi connectivity index (χ3v) is 14.4. The minimum Gasteiger partial charge on any atom is -0.289 e. The van der Waals surface area contributed by atoms with Crippen LogP contribution in [0, 0.1) is 55.3 Å². The van der Waals surface area contributed by atoms with E-state index in [1.54, 1.807) is 0 Å².